The maximum Gasteiger partial charge on any atom is 0.335 e. The molecule has 0 aliphatic carbocycles. The van der Waals surface area contributed by atoms with Gasteiger partial charge >= 0.3 is 5.97 Å². The van der Waals surface area contributed by atoms with Crippen LogP contribution in [0.5, 0.6) is 0 Å². The van der Waals surface area contributed by atoms with Gasteiger partial charge in [-0.15, -0.1) is 11.3 Å². The van der Waals surface area contributed by atoms with E-state index in [1.54, 1.807) is 12.1 Å². The molecule has 0 aliphatic heterocycles. The van der Waals surface area contributed by atoms with Crippen molar-refractivity contribution < 1.29 is 14.7 Å². The number of carbonyl (C=O) groups is 2. The summed E-state index contributed by atoms with van der Waals surface area (Å²) in [6, 6.07) is 8.23. The van der Waals surface area contributed by atoms with Crippen LogP contribution in [0.15, 0.2) is 44.7 Å². The Balaban J connectivity index is 2.10. The van der Waals surface area contributed by atoms with Crippen LogP contribution in [0.2, 0.25) is 0 Å². The Hall–Kier alpha value is -1.44. The van der Waals surface area contributed by atoms with Gasteiger partial charge in [0, 0.05) is 15.4 Å². The van der Waals surface area contributed by atoms with E-state index in [-0.39, 0.29) is 11.5 Å². The number of carboxylic acid groups (broad SMARTS) is 1. The molecular weight excluding hydrogens is 422 g/mol. The van der Waals surface area contributed by atoms with Gasteiger partial charge in [0.1, 0.15) is 0 Å². The topological polar surface area (TPSA) is 66.4 Å². The van der Waals surface area contributed by atoms with Crippen molar-refractivity contribution in [1.82, 2.24) is 0 Å². The maximum atomic E-state index is 11.9. The van der Waals surface area contributed by atoms with E-state index < -0.39 is 5.97 Å². The Labute approximate surface area is 141 Å². The normalized spacial score (nSPS) is 10.8. The number of amides is 1. The molecule has 0 saturated carbocycles. The van der Waals surface area contributed by atoms with Gasteiger partial charge in [-0.25, -0.2) is 4.79 Å². The van der Waals surface area contributed by atoms with Crippen LogP contribution in [0, 0.1) is 0 Å². The number of hydrogen-bond acceptors (Lipinski definition) is 3. The van der Waals surface area contributed by atoms with Gasteiger partial charge in [0.2, 0.25) is 5.91 Å². The Morgan fingerprint density at radius 1 is 1.19 bits per heavy atom. The molecule has 0 aliphatic rings. The van der Waals surface area contributed by atoms with E-state index in [4.69, 9.17) is 5.11 Å². The van der Waals surface area contributed by atoms with E-state index in [0.29, 0.717) is 10.2 Å². The van der Waals surface area contributed by atoms with Gasteiger partial charge in [0.25, 0.3) is 0 Å². The smallest absolute Gasteiger partial charge is 0.335 e. The molecule has 0 bridgehead atoms. The molecule has 0 saturated heterocycles. The maximum absolute atomic E-state index is 11.9. The fourth-order valence-electron chi connectivity index (χ4n) is 1.50. The summed E-state index contributed by atoms with van der Waals surface area (Å²) in [6.07, 6.45) is 3.10. The van der Waals surface area contributed by atoms with Gasteiger partial charge in [0.05, 0.1) is 15.0 Å². The summed E-state index contributed by atoms with van der Waals surface area (Å²) in [6.45, 7) is 0. The fourth-order valence-corrected chi connectivity index (χ4v) is 3.18. The van der Waals surface area contributed by atoms with Crippen molar-refractivity contribution in [2.45, 2.75) is 0 Å². The minimum Gasteiger partial charge on any atom is -0.478 e. The van der Waals surface area contributed by atoms with Crippen LogP contribution in [0.1, 0.15) is 15.2 Å². The SMILES string of the molecule is O=C(/C=C/c1ccc(Br)s1)Nc1cc(C(=O)O)ccc1Br. The van der Waals surface area contributed by atoms with Gasteiger partial charge in [-0.3, -0.25) is 4.79 Å². The predicted molar refractivity (Wildman–Crippen MR) is 90.8 cm³/mol. The number of carbonyl (C=O) groups excluding carboxylic acids is 1. The van der Waals surface area contributed by atoms with Gasteiger partial charge in [0.15, 0.2) is 0 Å². The largest absolute Gasteiger partial charge is 0.478 e. The van der Waals surface area contributed by atoms with Crippen molar-refractivity contribution in [2.75, 3.05) is 5.32 Å². The zero-order valence-corrected chi connectivity index (χ0v) is 14.5. The van der Waals surface area contributed by atoms with E-state index >= 15 is 0 Å². The highest BCUT2D eigenvalue weighted by molar-refractivity contribution is 9.11. The molecule has 108 valence electrons. The minimum absolute atomic E-state index is 0.111. The van der Waals surface area contributed by atoms with Crippen LogP contribution in [0.3, 0.4) is 0 Å². The third kappa shape index (κ3) is 4.52. The van der Waals surface area contributed by atoms with Crippen LogP contribution in [0.4, 0.5) is 5.69 Å². The summed E-state index contributed by atoms with van der Waals surface area (Å²) in [5.74, 6) is -1.38. The molecular formula is C14H9Br2NO3S. The van der Waals surface area contributed by atoms with Crippen LogP contribution in [-0.2, 0) is 4.79 Å². The summed E-state index contributed by atoms with van der Waals surface area (Å²) in [4.78, 5) is 23.7. The first-order valence-electron chi connectivity index (χ1n) is 5.73. The van der Waals surface area contributed by atoms with Gasteiger partial charge in [-0.2, -0.15) is 0 Å². The summed E-state index contributed by atoms with van der Waals surface area (Å²) in [5, 5.41) is 11.6. The van der Waals surface area contributed by atoms with E-state index in [9.17, 15) is 9.59 Å². The van der Waals surface area contributed by atoms with Crippen LogP contribution < -0.4 is 5.32 Å². The summed E-state index contributed by atoms with van der Waals surface area (Å²) >= 11 is 8.13. The summed E-state index contributed by atoms with van der Waals surface area (Å²) in [7, 11) is 0. The number of anilines is 1. The molecule has 7 heteroatoms. The molecule has 0 radical (unpaired) electrons. The Morgan fingerprint density at radius 3 is 2.57 bits per heavy atom. The fraction of sp³-hybridized carbons (Fsp3) is 0. The number of carboxylic acids is 1. The lowest BCUT2D eigenvalue weighted by molar-refractivity contribution is -0.111. The second-order valence-corrected chi connectivity index (χ2v) is 7.31. The first kappa shape index (κ1) is 15.9. The average Bonchev–Trinajstić information content (AvgIpc) is 2.84. The number of nitrogens with one attached hydrogen (secondary N) is 1. The standard InChI is InChI=1S/C14H9Br2NO3S/c15-10-4-1-8(14(19)20)7-11(10)17-13(18)6-3-9-2-5-12(16)21-9/h1-7H,(H,17,18)(H,19,20)/b6-3+. The number of benzene rings is 1. The molecule has 0 unspecified atom stereocenters. The third-order valence-electron chi connectivity index (χ3n) is 2.46. The number of aromatic carboxylic acids is 1. The summed E-state index contributed by atoms with van der Waals surface area (Å²) < 4.78 is 1.60. The Bertz CT molecular complexity index is 725. The molecule has 0 spiro atoms. The van der Waals surface area contributed by atoms with E-state index in [0.717, 1.165) is 8.66 Å². The molecule has 1 heterocycles. The molecule has 1 aromatic heterocycles. The zero-order chi connectivity index (χ0) is 15.4. The minimum atomic E-state index is -1.04. The van der Waals surface area contributed by atoms with Crippen LogP contribution in [-0.4, -0.2) is 17.0 Å². The second kappa shape index (κ2) is 7.02. The number of hydrogen-bond donors (Lipinski definition) is 2. The molecule has 2 rings (SSSR count). The molecule has 0 atom stereocenters. The zero-order valence-electron chi connectivity index (χ0n) is 10.5. The van der Waals surface area contributed by atoms with E-state index in [1.807, 2.05) is 12.1 Å². The van der Waals surface area contributed by atoms with Gasteiger partial charge in [-0.05, 0) is 68.3 Å². The molecule has 0 fully saturated rings. The van der Waals surface area contributed by atoms with E-state index in [1.165, 1.54) is 29.5 Å². The highest BCUT2D eigenvalue weighted by Gasteiger charge is 2.08. The Morgan fingerprint density at radius 2 is 1.95 bits per heavy atom. The monoisotopic (exact) mass is 429 g/mol. The molecule has 2 aromatic rings. The number of thiophene rings is 1. The first-order valence-corrected chi connectivity index (χ1v) is 8.13. The number of halogens is 2. The van der Waals surface area contributed by atoms with Crippen molar-refractivity contribution in [3.05, 3.63) is 55.1 Å². The highest BCUT2D eigenvalue weighted by Crippen LogP contribution is 2.25. The number of rotatable bonds is 4. The van der Waals surface area contributed by atoms with Gasteiger partial charge < -0.3 is 10.4 Å². The Kier molecular flexibility index (Phi) is 5.33. The lowest BCUT2D eigenvalue weighted by Crippen LogP contribution is -2.09. The summed E-state index contributed by atoms with van der Waals surface area (Å²) in [5.41, 5.74) is 0.525. The highest BCUT2D eigenvalue weighted by atomic mass is 79.9. The van der Waals surface area contributed by atoms with Crippen LogP contribution in [0.25, 0.3) is 6.08 Å². The first-order chi connectivity index (χ1) is 9.95. The van der Waals surface area contributed by atoms with Crippen molar-refractivity contribution >= 4 is 66.8 Å². The van der Waals surface area contributed by atoms with E-state index in [2.05, 4.69) is 37.2 Å². The van der Waals surface area contributed by atoms with Gasteiger partial charge in [-0.1, -0.05) is 0 Å². The third-order valence-corrected chi connectivity index (χ3v) is 4.74. The lowest BCUT2D eigenvalue weighted by Gasteiger charge is -2.06. The quantitative estimate of drug-likeness (QED) is 0.695. The second-order valence-electron chi connectivity index (χ2n) is 3.96. The molecule has 1 aromatic carbocycles. The van der Waals surface area contributed by atoms with Crippen molar-refractivity contribution in [3.63, 3.8) is 0 Å². The van der Waals surface area contributed by atoms with Crippen molar-refractivity contribution in [3.8, 4) is 0 Å². The van der Waals surface area contributed by atoms with Crippen molar-refractivity contribution in [2.24, 2.45) is 0 Å². The van der Waals surface area contributed by atoms with Crippen molar-refractivity contribution in [1.29, 1.82) is 0 Å². The molecule has 4 nitrogen and oxygen atoms in total. The molecule has 1 amide bonds. The van der Waals surface area contributed by atoms with Crippen LogP contribution >= 0.6 is 43.2 Å². The molecule has 2 N–H and O–H groups in total. The molecule has 21 heavy (non-hydrogen) atoms. The average molecular weight is 431 g/mol. The predicted octanol–water partition coefficient (Wildman–Crippen LogP) is 4.62. The lowest BCUT2D eigenvalue weighted by atomic mass is 10.2.